The number of hydrogen-bond acceptors (Lipinski definition) is 3. The van der Waals surface area contributed by atoms with Crippen molar-refractivity contribution < 1.29 is 4.79 Å². The van der Waals surface area contributed by atoms with Crippen molar-refractivity contribution in [3.05, 3.63) is 0 Å². The van der Waals surface area contributed by atoms with Gasteiger partial charge in [0.2, 0.25) is 5.91 Å². The maximum absolute atomic E-state index is 12.0. The van der Waals surface area contributed by atoms with Crippen LogP contribution in [0.3, 0.4) is 0 Å². The van der Waals surface area contributed by atoms with E-state index in [0.717, 1.165) is 25.7 Å². The summed E-state index contributed by atoms with van der Waals surface area (Å²) in [5, 5.41) is 12.0. The fourth-order valence-corrected chi connectivity index (χ4v) is 3.20. The molecular formula is C14H23N3O. The van der Waals surface area contributed by atoms with Gasteiger partial charge in [-0.1, -0.05) is 25.7 Å². The highest BCUT2D eigenvalue weighted by Crippen LogP contribution is 2.23. The highest BCUT2D eigenvalue weighted by Gasteiger charge is 2.25. The van der Waals surface area contributed by atoms with Gasteiger partial charge in [-0.15, -0.1) is 0 Å². The third kappa shape index (κ3) is 3.71. The topological polar surface area (TPSA) is 56.1 Å². The van der Waals surface area contributed by atoms with Crippen LogP contribution in [0.2, 0.25) is 0 Å². The lowest BCUT2D eigenvalue weighted by Gasteiger charge is -2.26. The summed E-state index contributed by atoms with van der Waals surface area (Å²) in [6.45, 7) is 0.775. The molecule has 2 aliphatic rings. The van der Waals surface area contributed by atoms with Gasteiger partial charge in [-0.3, -0.25) is 9.69 Å². The van der Waals surface area contributed by atoms with Crippen molar-refractivity contribution in [2.45, 2.75) is 63.5 Å². The van der Waals surface area contributed by atoms with Gasteiger partial charge in [0.05, 0.1) is 19.2 Å². The second-order valence-corrected chi connectivity index (χ2v) is 5.55. The molecule has 0 unspecified atom stereocenters. The number of amides is 1. The van der Waals surface area contributed by atoms with Crippen LogP contribution in [0.4, 0.5) is 0 Å². The normalized spacial score (nSPS) is 21.3. The molecule has 0 atom stereocenters. The summed E-state index contributed by atoms with van der Waals surface area (Å²) in [6.07, 6.45) is 9.44. The van der Waals surface area contributed by atoms with E-state index in [0.29, 0.717) is 25.2 Å². The first-order chi connectivity index (χ1) is 8.79. The SMILES string of the molecule is N#CCN(CC(=O)NC1CCCC1)C1CCCC1. The quantitative estimate of drug-likeness (QED) is 0.756. The molecule has 0 aromatic carbocycles. The lowest BCUT2D eigenvalue weighted by atomic mass is 10.2. The van der Waals surface area contributed by atoms with Crippen molar-refractivity contribution in [1.29, 1.82) is 5.26 Å². The zero-order chi connectivity index (χ0) is 12.8. The summed E-state index contributed by atoms with van der Waals surface area (Å²) >= 11 is 0. The van der Waals surface area contributed by atoms with Crippen molar-refractivity contribution in [2.24, 2.45) is 0 Å². The van der Waals surface area contributed by atoms with E-state index in [1.165, 1.54) is 25.7 Å². The number of nitrogens with zero attached hydrogens (tertiary/aromatic N) is 2. The molecule has 2 aliphatic carbocycles. The van der Waals surface area contributed by atoms with Gasteiger partial charge in [0.1, 0.15) is 0 Å². The van der Waals surface area contributed by atoms with Gasteiger partial charge in [-0.25, -0.2) is 0 Å². The Morgan fingerprint density at radius 1 is 1.17 bits per heavy atom. The fourth-order valence-electron chi connectivity index (χ4n) is 3.20. The summed E-state index contributed by atoms with van der Waals surface area (Å²) in [5.41, 5.74) is 0. The lowest BCUT2D eigenvalue weighted by molar-refractivity contribution is -0.123. The third-order valence-corrected chi connectivity index (χ3v) is 4.18. The maximum atomic E-state index is 12.0. The minimum atomic E-state index is 0.101. The zero-order valence-electron chi connectivity index (χ0n) is 11.0. The molecule has 4 heteroatoms. The Morgan fingerprint density at radius 3 is 2.39 bits per heavy atom. The van der Waals surface area contributed by atoms with Crippen molar-refractivity contribution in [3.8, 4) is 6.07 Å². The van der Waals surface area contributed by atoms with Crippen LogP contribution in [0.1, 0.15) is 51.4 Å². The van der Waals surface area contributed by atoms with E-state index in [4.69, 9.17) is 5.26 Å². The minimum absolute atomic E-state index is 0.101. The molecule has 0 aromatic heterocycles. The minimum Gasteiger partial charge on any atom is -0.352 e. The highest BCUT2D eigenvalue weighted by molar-refractivity contribution is 5.78. The van der Waals surface area contributed by atoms with Crippen LogP contribution in [-0.2, 0) is 4.79 Å². The number of hydrogen-bond donors (Lipinski definition) is 1. The van der Waals surface area contributed by atoms with Crippen LogP contribution >= 0.6 is 0 Å². The smallest absolute Gasteiger partial charge is 0.234 e. The average molecular weight is 249 g/mol. The van der Waals surface area contributed by atoms with E-state index in [2.05, 4.69) is 16.3 Å². The molecule has 0 saturated heterocycles. The predicted molar refractivity (Wildman–Crippen MR) is 69.8 cm³/mol. The Balaban J connectivity index is 1.79. The number of carbonyl (C=O) groups excluding carboxylic acids is 1. The lowest BCUT2D eigenvalue weighted by Crippen LogP contribution is -2.44. The molecule has 4 nitrogen and oxygen atoms in total. The summed E-state index contributed by atoms with van der Waals surface area (Å²) in [6, 6.07) is 3.01. The van der Waals surface area contributed by atoms with Gasteiger partial charge in [0.25, 0.3) is 0 Å². The molecule has 1 N–H and O–H groups in total. The maximum Gasteiger partial charge on any atom is 0.234 e. The molecule has 0 aromatic rings. The molecule has 2 saturated carbocycles. The van der Waals surface area contributed by atoms with Crippen LogP contribution in [0.5, 0.6) is 0 Å². The largest absolute Gasteiger partial charge is 0.352 e. The molecule has 0 aliphatic heterocycles. The second kappa shape index (κ2) is 6.75. The van der Waals surface area contributed by atoms with Gasteiger partial charge in [-0.2, -0.15) is 5.26 Å². The monoisotopic (exact) mass is 249 g/mol. The molecule has 2 fully saturated rings. The third-order valence-electron chi connectivity index (χ3n) is 4.18. The Kier molecular flexibility index (Phi) is 5.00. The van der Waals surface area contributed by atoms with E-state index in [1.54, 1.807) is 0 Å². The molecule has 0 bridgehead atoms. The van der Waals surface area contributed by atoms with Crippen LogP contribution in [0, 0.1) is 11.3 Å². The summed E-state index contributed by atoms with van der Waals surface area (Å²) < 4.78 is 0. The van der Waals surface area contributed by atoms with Gasteiger partial charge < -0.3 is 5.32 Å². The van der Waals surface area contributed by atoms with Gasteiger partial charge in [0.15, 0.2) is 0 Å². The van der Waals surface area contributed by atoms with Crippen LogP contribution in [-0.4, -0.2) is 36.0 Å². The second-order valence-electron chi connectivity index (χ2n) is 5.55. The molecule has 0 heterocycles. The Labute approximate surface area is 109 Å². The first kappa shape index (κ1) is 13.4. The van der Waals surface area contributed by atoms with Crippen molar-refractivity contribution in [3.63, 3.8) is 0 Å². The standard InChI is InChI=1S/C14H23N3O/c15-9-10-17(13-7-3-4-8-13)11-14(18)16-12-5-1-2-6-12/h12-13H,1-8,10-11H2,(H,16,18). The molecule has 18 heavy (non-hydrogen) atoms. The summed E-state index contributed by atoms with van der Waals surface area (Å²) in [7, 11) is 0. The van der Waals surface area contributed by atoms with E-state index >= 15 is 0 Å². The first-order valence-corrected chi connectivity index (χ1v) is 7.20. The van der Waals surface area contributed by atoms with Crippen molar-refractivity contribution in [1.82, 2.24) is 10.2 Å². The molecular weight excluding hydrogens is 226 g/mol. The average Bonchev–Trinajstić information content (AvgIpc) is 3.00. The Bertz CT molecular complexity index is 311. The molecule has 1 amide bonds. The first-order valence-electron chi connectivity index (χ1n) is 7.20. The van der Waals surface area contributed by atoms with Gasteiger partial charge >= 0.3 is 0 Å². The molecule has 0 radical (unpaired) electrons. The number of carbonyl (C=O) groups is 1. The Hall–Kier alpha value is -1.08. The molecule has 0 spiro atoms. The van der Waals surface area contributed by atoms with Gasteiger partial charge in [-0.05, 0) is 25.7 Å². The van der Waals surface area contributed by atoms with Crippen molar-refractivity contribution >= 4 is 5.91 Å². The van der Waals surface area contributed by atoms with E-state index in [-0.39, 0.29) is 5.91 Å². The van der Waals surface area contributed by atoms with E-state index in [9.17, 15) is 4.79 Å². The van der Waals surface area contributed by atoms with Crippen molar-refractivity contribution in [2.75, 3.05) is 13.1 Å². The van der Waals surface area contributed by atoms with Crippen LogP contribution in [0.15, 0.2) is 0 Å². The van der Waals surface area contributed by atoms with Gasteiger partial charge in [0, 0.05) is 12.1 Å². The number of rotatable bonds is 5. The van der Waals surface area contributed by atoms with E-state index < -0.39 is 0 Å². The summed E-state index contributed by atoms with van der Waals surface area (Å²) in [5.74, 6) is 0.101. The number of nitriles is 1. The summed E-state index contributed by atoms with van der Waals surface area (Å²) in [4.78, 5) is 14.0. The predicted octanol–water partition coefficient (Wildman–Crippen LogP) is 1.81. The molecule has 100 valence electrons. The van der Waals surface area contributed by atoms with Crippen LogP contribution < -0.4 is 5.32 Å². The Morgan fingerprint density at radius 2 is 1.78 bits per heavy atom. The number of nitrogens with one attached hydrogen (secondary N) is 1. The highest BCUT2D eigenvalue weighted by atomic mass is 16.2. The van der Waals surface area contributed by atoms with Crippen LogP contribution in [0.25, 0.3) is 0 Å². The zero-order valence-corrected chi connectivity index (χ0v) is 11.0. The fraction of sp³-hybridized carbons (Fsp3) is 0.857. The molecule has 2 rings (SSSR count). The van der Waals surface area contributed by atoms with E-state index in [1.807, 2.05) is 0 Å².